The Hall–Kier alpha value is -1.41. The number of H-pyrrole nitrogens is 1. The first-order valence-corrected chi connectivity index (χ1v) is 6.69. The molecule has 94 valence electrons. The zero-order valence-electron chi connectivity index (χ0n) is 9.42. The van der Waals surface area contributed by atoms with Gasteiger partial charge in [0.2, 0.25) is 10.0 Å². The number of oxime groups is 1. The number of hydrogen-bond donors (Lipinski definition) is 2. The van der Waals surface area contributed by atoms with Crippen LogP contribution in [0.3, 0.4) is 0 Å². The van der Waals surface area contributed by atoms with Crippen LogP contribution in [0.1, 0.15) is 18.5 Å². The van der Waals surface area contributed by atoms with Crippen LogP contribution < -0.4 is 0 Å². The predicted octanol–water partition coefficient (Wildman–Crippen LogP) is 0.333. The van der Waals surface area contributed by atoms with Gasteiger partial charge in [-0.1, -0.05) is 5.16 Å². The molecular formula is C9H14N4O3S. The van der Waals surface area contributed by atoms with Gasteiger partial charge in [-0.05, 0) is 6.92 Å². The molecule has 0 spiro atoms. The predicted molar refractivity (Wildman–Crippen MR) is 60.5 cm³/mol. The Morgan fingerprint density at radius 1 is 1.47 bits per heavy atom. The van der Waals surface area contributed by atoms with E-state index in [9.17, 15) is 8.42 Å². The molecule has 0 amide bonds. The van der Waals surface area contributed by atoms with E-state index in [1.54, 1.807) is 6.92 Å². The topological polar surface area (TPSA) is 98.7 Å². The van der Waals surface area contributed by atoms with Crippen molar-refractivity contribution in [2.45, 2.75) is 24.7 Å². The molecule has 1 aliphatic rings. The highest BCUT2D eigenvalue weighted by atomic mass is 32.2. The number of nitrogens with one attached hydrogen (secondary N) is 1. The van der Waals surface area contributed by atoms with Crippen LogP contribution in [0.25, 0.3) is 0 Å². The van der Waals surface area contributed by atoms with Gasteiger partial charge in [-0.25, -0.2) is 8.42 Å². The van der Waals surface area contributed by atoms with E-state index >= 15 is 0 Å². The summed E-state index contributed by atoms with van der Waals surface area (Å²) in [5, 5.41) is 18.1. The standard InChI is InChI=1S/C9H14N4O3S/c1-7-9(6-10-11-7)17(15,16)13-4-2-8(12-14)3-5-13/h6,14H,2-5H2,1H3,(H,10,11). The highest BCUT2D eigenvalue weighted by Gasteiger charge is 2.29. The number of rotatable bonds is 2. The van der Waals surface area contributed by atoms with Crippen LogP contribution in [-0.2, 0) is 10.0 Å². The van der Waals surface area contributed by atoms with Crippen LogP contribution in [0.2, 0.25) is 0 Å². The smallest absolute Gasteiger partial charge is 0.246 e. The third kappa shape index (κ3) is 2.18. The van der Waals surface area contributed by atoms with E-state index < -0.39 is 10.0 Å². The summed E-state index contributed by atoms with van der Waals surface area (Å²) in [7, 11) is -3.48. The van der Waals surface area contributed by atoms with Crippen LogP contribution in [-0.4, -0.2) is 46.9 Å². The van der Waals surface area contributed by atoms with Crippen molar-refractivity contribution < 1.29 is 13.6 Å². The summed E-state index contributed by atoms with van der Waals surface area (Å²) >= 11 is 0. The highest BCUT2D eigenvalue weighted by Crippen LogP contribution is 2.20. The zero-order chi connectivity index (χ0) is 12.5. The molecule has 0 bridgehead atoms. The molecule has 1 aromatic heterocycles. The first-order valence-electron chi connectivity index (χ1n) is 5.25. The monoisotopic (exact) mass is 258 g/mol. The number of hydrogen-bond acceptors (Lipinski definition) is 5. The van der Waals surface area contributed by atoms with Gasteiger partial charge in [0.05, 0.1) is 17.6 Å². The largest absolute Gasteiger partial charge is 0.411 e. The lowest BCUT2D eigenvalue weighted by atomic mass is 10.1. The normalized spacial score (nSPS) is 18.3. The Kier molecular flexibility index (Phi) is 3.16. The number of piperidine rings is 1. The summed E-state index contributed by atoms with van der Waals surface area (Å²) in [5.74, 6) is 0. The number of aryl methyl sites for hydroxylation is 1. The van der Waals surface area contributed by atoms with E-state index in [0.717, 1.165) is 0 Å². The molecule has 0 aliphatic carbocycles. The minimum absolute atomic E-state index is 0.210. The van der Waals surface area contributed by atoms with Crippen molar-refractivity contribution in [1.29, 1.82) is 0 Å². The molecule has 1 aromatic rings. The van der Waals surface area contributed by atoms with Gasteiger partial charge >= 0.3 is 0 Å². The molecule has 0 radical (unpaired) electrons. The first-order chi connectivity index (χ1) is 8.05. The van der Waals surface area contributed by atoms with Crippen molar-refractivity contribution in [3.05, 3.63) is 11.9 Å². The van der Waals surface area contributed by atoms with E-state index in [1.165, 1.54) is 10.5 Å². The number of sulfonamides is 1. The van der Waals surface area contributed by atoms with Gasteiger partial charge in [-0.2, -0.15) is 9.40 Å². The molecule has 8 heteroatoms. The fourth-order valence-corrected chi connectivity index (χ4v) is 3.38. The van der Waals surface area contributed by atoms with Gasteiger partial charge < -0.3 is 5.21 Å². The third-order valence-electron chi connectivity index (χ3n) is 2.84. The second-order valence-electron chi connectivity index (χ2n) is 3.93. The average molecular weight is 258 g/mol. The molecule has 0 unspecified atom stereocenters. The minimum atomic E-state index is -3.48. The number of aromatic amines is 1. The van der Waals surface area contributed by atoms with Crippen molar-refractivity contribution in [2.75, 3.05) is 13.1 Å². The lowest BCUT2D eigenvalue weighted by Crippen LogP contribution is -2.38. The van der Waals surface area contributed by atoms with Crippen LogP contribution in [0.15, 0.2) is 16.2 Å². The van der Waals surface area contributed by atoms with Gasteiger partial charge in [-0.3, -0.25) is 5.10 Å². The van der Waals surface area contributed by atoms with Crippen LogP contribution >= 0.6 is 0 Å². The Labute approximate surface area is 99.2 Å². The van der Waals surface area contributed by atoms with E-state index in [-0.39, 0.29) is 4.90 Å². The molecule has 0 saturated carbocycles. The molecule has 1 saturated heterocycles. The maximum absolute atomic E-state index is 12.2. The summed E-state index contributed by atoms with van der Waals surface area (Å²) in [6, 6.07) is 0. The molecule has 2 heterocycles. The van der Waals surface area contributed by atoms with Crippen LogP contribution in [0.4, 0.5) is 0 Å². The molecule has 0 atom stereocenters. The summed E-state index contributed by atoms with van der Waals surface area (Å²) in [6.07, 6.45) is 2.25. The molecule has 17 heavy (non-hydrogen) atoms. The fourth-order valence-electron chi connectivity index (χ4n) is 1.82. The van der Waals surface area contributed by atoms with Crippen LogP contribution in [0, 0.1) is 6.92 Å². The quantitative estimate of drug-likeness (QED) is 0.590. The van der Waals surface area contributed by atoms with E-state index in [2.05, 4.69) is 15.4 Å². The molecule has 2 N–H and O–H groups in total. The maximum Gasteiger partial charge on any atom is 0.246 e. The van der Waals surface area contributed by atoms with Gasteiger partial charge in [0.25, 0.3) is 0 Å². The SMILES string of the molecule is Cc1[nH]ncc1S(=O)(=O)N1CCC(=NO)CC1. The van der Waals surface area contributed by atoms with Crippen molar-refractivity contribution in [3.8, 4) is 0 Å². The number of nitrogens with zero attached hydrogens (tertiary/aromatic N) is 3. The summed E-state index contributed by atoms with van der Waals surface area (Å²) in [6.45, 7) is 2.35. The zero-order valence-corrected chi connectivity index (χ0v) is 10.2. The molecule has 7 nitrogen and oxygen atoms in total. The summed E-state index contributed by atoms with van der Waals surface area (Å²) in [4.78, 5) is 0.210. The van der Waals surface area contributed by atoms with Crippen molar-refractivity contribution in [1.82, 2.24) is 14.5 Å². The van der Waals surface area contributed by atoms with E-state index in [1.807, 2.05) is 0 Å². The lowest BCUT2D eigenvalue weighted by Gasteiger charge is -2.25. The van der Waals surface area contributed by atoms with Crippen molar-refractivity contribution in [2.24, 2.45) is 5.16 Å². The molecule has 2 rings (SSSR count). The highest BCUT2D eigenvalue weighted by molar-refractivity contribution is 7.89. The first kappa shape index (κ1) is 12.1. The fraction of sp³-hybridized carbons (Fsp3) is 0.556. The summed E-state index contributed by atoms with van der Waals surface area (Å²) in [5.41, 5.74) is 1.17. The van der Waals surface area contributed by atoms with E-state index in [0.29, 0.717) is 37.3 Å². The Bertz CT molecular complexity index is 524. The van der Waals surface area contributed by atoms with Crippen molar-refractivity contribution in [3.63, 3.8) is 0 Å². The molecular weight excluding hydrogens is 244 g/mol. The van der Waals surface area contributed by atoms with Gasteiger partial charge in [0.1, 0.15) is 4.90 Å². The number of aromatic nitrogens is 2. The molecule has 1 aliphatic heterocycles. The van der Waals surface area contributed by atoms with Gasteiger partial charge in [0.15, 0.2) is 0 Å². The minimum Gasteiger partial charge on any atom is -0.411 e. The summed E-state index contributed by atoms with van der Waals surface area (Å²) < 4.78 is 25.8. The molecule has 1 fully saturated rings. The van der Waals surface area contributed by atoms with Crippen LogP contribution in [0.5, 0.6) is 0 Å². The lowest BCUT2D eigenvalue weighted by molar-refractivity contribution is 0.309. The van der Waals surface area contributed by atoms with Gasteiger partial charge in [-0.15, -0.1) is 0 Å². The van der Waals surface area contributed by atoms with E-state index in [4.69, 9.17) is 5.21 Å². The van der Waals surface area contributed by atoms with Crippen molar-refractivity contribution >= 4 is 15.7 Å². The molecule has 0 aromatic carbocycles. The second kappa shape index (κ2) is 4.46. The Balaban J connectivity index is 2.21. The Morgan fingerprint density at radius 3 is 2.59 bits per heavy atom. The average Bonchev–Trinajstić information content (AvgIpc) is 2.76. The Morgan fingerprint density at radius 2 is 2.12 bits per heavy atom. The second-order valence-corrected chi connectivity index (χ2v) is 5.84. The third-order valence-corrected chi connectivity index (χ3v) is 4.85. The maximum atomic E-state index is 12.2. The van der Waals surface area contributed by atoms with Gasteiger partial charge in [0, 0.05) is 25.9 Å².